The van der Waals surface area contributed by atoms with Gasteiger partial charge in [-0.25, -0.2) is 0 Å². The minimum absolute atomic E-state index is 0.0546. The van der Waals surface area contributed by atoms with Gasteiger partial charge >= 0.3 is 0 Å². The molecule has 1 aromatic rings. The molecule has 2 nitrogen and oxygen atoms in total. The Kier molecular flexibility index (Phi) is 5.79. The van der Waals surface area contributed by atoms with Crippen LogP contribution in [-0.2, 0) is 0 Å². The fraction of sp³-hybridized carbons (Fsp3) is 0.545. The van der Waals surface area contributed by atoms with Crippen molar-refractivity contribution in [2.75, 3.05) is 11.5 Å². The summed E-state index contributed by atoms with van der Waals surface area (Å²) in [6.45, 7) is 4.21. The van der Waals surface area contributed by atoms with Gasteiger partial charge in [-0.3, -0.25) is 4.79 Å². The van der Waals surface area contributed by atoms with Gasteiger partial charge in [-0.05, 0) is 36.3 Å². The van der Waals surface area contributed by atoms with E-state index in [1.54, 1.807) is 0 Å². The molecule has 0 unspecified atom stereocenters. The standard InChI is InChI=1S/C11H17NOS2/c1-3-14-8-6-9(2)12-11(13)10-5-4-7-15-10/h4-5,7,9H,3,6,8H2,1-2H3,(H,12,13)/t9-/m0/s1. The Bertz CT molecular complexity index is 285. The summed E-state index contributed by atoms with van der Waals surface area (Å²) in [6, 6.07) is 4.02. The summed E-state index contributed by atoms with van der Waals surface area (Å²) >= 11 is 3.40. The Labute approximate surface area is 99.5 Å². The predicted molar refractivity (Wildman–Crippen MR) is 68.9 cm³/mol. The third-order valence-corrected chi connectivity index (χ3v) is 3.82. The maximum atomic E-state index is 11.6. The van der Waals surface area contributed by atoms with Crippen LogP contribution >= 0.6 is 23.1 Å². The van der Waals surface area contributed by atoms with Crippen molar-refractivity contribution < 1.29 is 4.79 Å². The van der Waals surface area contributed by atoms with E-state index in [1.165, 1.54) is 11.3 Å². The normalized spacial score (nSPS) is 12.4. The number of amides is 1. The average molecular weight is 243 g/mol. The minimum Gasteiger partial charge on any atom is -0.349 e. The van der Waals surface area contributed by atoms with Gasteiger partial charge in [0.1, 0.15) is 0 Å². The molecule has 0 bridgehead atoms. The molecular weight excluding hydrogens is 226 g/mol. The second kappa shape index (κ2) is 6.90. The maximum absolute atomic E-state index is 11.6. The van der Waals surface area contributed by atoms with Crippen LogP contribution in [0, 0.1) is 0 Å². The van der Waals surface area contributed by atoms with Crippen molar-refractivity contribution >= 4 is 29.0 Å². The molecule has 84 valence electrons. The second-order valence-corrected chi connectivity index (χ2v) is 5.68. The highest BCUT2D eigenvalue weighted by Crippen LogP contribution is 2.09. The molecule has 1 N–H and O–H groups in total. The first-order valence-electron chi connectivity index (χ1n) is 5.16. The van der Waals surface area contributed by atoms with Gasteiger partial charge in [-0.1, -0.05) is 13.0 Å². The molecule has 0 aliphatic rings. The van der Waals surface area contributed by atoms with Gasteiger partial charge in [-0.15, -0.1) is 11.3 Å². The molecule has 1 aromatic heterocycles. The van der Waals surface area contributed by atoms with Crippen LogP contribution in [0.2, 0.25) is 0 Å². The zero-order valence-corrected chi connectivity index (χ0v) is 10.8. The molecule has 1 heterocycles. The quantitative estimate of drug-likeness (QED) is 0.778. The molecule has 1 atom stereocenters. The van der Waals surface area contributed by atoms with Crippen LogP contribution in [0.25, 0.3) is 0 Å². The van der Waals surface area contributed by atoms with E-state index in [-0.39, 0.29) is 11.9 Å². The first-order valence-corrected chi connectivity index (χ1v) is 7.19. The molecule has 0 saturated carbocycles. The summed E-state index contributed by atoms with van der Waals surface area (Å²) in [5, 5.41) is 4.92. The van der Waals surface area contributed by atoms with E-state index in [0.29, 0.717) is 0 Å². The zero-order chi connectivity index (χ0) is 11.1. The molecule has 15 heavy (non-hydrogen) atoms. The van der Waals surface area contributed by atoms with Crippen LogP contribution in [0.1, 0.15) is 29.9 Å². The third kappa shape index (κ3) is 4.71. The zero-order valence-electron chi connectivity index (χ0n) is 9.16. The topological polar surface area (TPSA) is 29.1 Å². The van der Waals surface area contributed by atoms with E-state index >= 15 is 0 Å². The molecule has 0 aromatic carbocycles. The number of thioether (sulfide) groups is 1. The summed E-state index contributed by atoms with van der Waals surface area (Å²) in [5.41, 5.74) is 0. The fourth-order valence-electron chi connectivity index (χ4n) is 1.18. The van der Waals surface area contributed by atoms with Gasteiger partial charge in [0.05, 0.1) is 4.88 Å². The van der Waals surface area contributed by atoms with Crippen molar-refractivity contribution in [3.05, 3.63) is 22.4 Å². The van der Waals surface area contributed by atoms with Crippen LogP contribution < -0.4 is 5.32 Å². The molecular formula is C11H17NOS2. The highest BCUT2D eigenvalue weighted by atomic mass is 32.2. The number of thiophene rings is 1. The summed E-state index contributed by atoms with van der Waals surface area (Å²) in [5.74, 6) is 2.31. The number of hydrogen-bond acceptors (Lipinski definition) is 3. The third-order valence-electron chi connectivity index (χ3n) is 2.02. The lowest BCUT2D eigenvalue weighted by Crippen LogP contribution is -2.32. The van der Waals surface area contributed by atoms with E-state index in [2.05, 4.69) is 19.2 Å². The molecule has 1 amide bonds. The second-order valence-electron chi connectivity index (χ2n) is 3.34. The number of rotatable bonds is 6. The Hall–Kier alpha value is -0.480. The molecule has 0 aliphatic carbocycles. The van der Waals surface area contributed by atoms with E-state index in [9.17, 15) is 4.79 Å². The van der Waals surface area contributed by atoms with E-state index in [4.69, 9.17) is 0 Å². The number of carbonyl (C=O) groups is 1. The molecule has 0 aliphatic heterocycles. The Balaban J connectivity index is 2.26. The number of hydrogen-bond donors (Lipinski definition) is 1. The lowest BCUT2D eigenvalue weighted by Gasteiger charge is -2.12. The SMILES string of the molecule is CCSCC[C@H](C)NC(=O)c1cccs1. The van der Waals surface area contributed by atoms with Gasteiger partial charge in [-0.2, -0.15) is 11.8 Å². The Morgan fingerprint density at radius 1 is 1.67 bits per heavy atom. The molecule has 0 saturated heterocycles. The van der Waals surface area contributed by atoms with Crippen LogP contribution in [0.4, 0.5) is 0 Å². The van der Waals surface area contributed by atoms with Crippen LogP contribution in [0.3, 0.4) is 0 Å². The molecule has 0 fully saturated rings. The molecule has 4 heteroatoms. The van der Waals surface area contributed by atoms with E-state index in [1.807, 2.05) is 29.3 Å². The number of carbonyl (C=O) groups excluding carboxylic acids is 1. The first-order chi connectivity index (χ1) is 7.24. The minimum atomic E-state index is 0.0546. The van der Waals surface area contributed by atoms with Crippen LogP contribution in [0.5, 0.6) is 0 Å². The predicted octanol–water partition coefficient (Wildman–Crippen LogP) is 3.01. The fourth-order valence-corrected chi connectivity index (χ4v) is 2.62. The van der Waals surface area contributed by atoms with Gasteiger partial charge in [0.2, 0.25) is 0 Å². The van der Waals surface area contributed by atoms with Crippen molar-refractivity contribution in [1.82, 2.24) is 5.32 Å². The average Bonchev–Trinajstić information content (AvgIpc) is 2.70. The maximum Gasteiger partial charge on any atom is 0.261 e. The van der Waals surface area contributed by atoms with Gasteiger partial charge in [0, 0.05) is 6.04 Å². The van der Waals surface area contributed by atoms with Crippen LogP contribution in [0.15, 0.2) is 17.5 Å². The number of nitrogens with one attached hydrogen (secondary N) is 1. The molecule has 0 spiro atoms. The lowest BCUT2D eigenvalue weighted by molar-refractivity contribution is 0.0943. The summed E-state index contributed by atoms with van der Waals surface area (Å²) < 4.78 is 0. The highest BCUT2D eigenvalue weighted by Gasteiger charge is 2.09. The molecule has 0 radical (unpaired) electrons. The first kappa shape index (κ1) is 12.6. The van der Waals surface area contributed by atoms with Gasteiger partial charge in [0.25, 0.3) is 5.91 Å². The summed E-state index contributed by atoms with van der Waals surface area (Å²) in [4.78, 5) is 12.4. The van der Waals surface area contributed by atoms with E-state index in [0.717, 1.165) is 22.8 Å². The van der Waals surface area contributed by atoms with Gasteiger partial charge < -0.3 is 5.32 Å². The summed E-state index contributed by atoms with van der Waals surface area (Å²) in [6.07, 6.45) is 1.04. The Morgan fingerprint density at radius 2 is 2.47 bits per heavy atom. The van der Waals surface area contributed by atoms with Gasteiger partial charge in [0.15, 0.2) is 0 Å². The summed E-state index contributed by atoms with van der Waals surface area (Å²) in [7, 11) is 0. The largest absolute Gasteiger partial charge is 0.349 e. The lowest BCUT2D eigenvalue weighted by atomic mass is 10.2. The van der Waals surface area contributed by atoms with E-state index < -0.39 is 0 Å². The monoisotopic (exact) mass is 243 g/mol. The Morgan fingerprint density at radius 3 is 3.07 bits per heavy atom. The smallest absolute Gasteiger partial charge is 0.261 e. The highest BCUT2D eigenvalue weighted by molar-refractivity contribution is 7.99. The van der Waals surface area contributed by atoms with Crippen molar-refractivity contribution in [3.8, 4) is 0 Å². The molecule has 1 rings (SSSR count). The van der Waals surface area contributed by atoms with Crippen molar-refractivity contribution in [3.63, 3.8) is 0 Å². The van der Waals surface area contributed by atoms with Crippen LogP contribution in [-0.4, -0.2) is 23.5 Å². The van der Waals surface area contributed by atoms with Crippen molar-refractivity contribution in [2.45, 2.75) is 26.3 Å². The van der Waals surface area contributed by atoms with Crippen molar-refractivity contribution in [2.24, 2.45) is 0 Å². The van der Waals surface area contributed by atoms with Crippen molar-refractivity contribution in [1.29, 1.82) is 0 Å².